The quantitative estimate of drug-likeness (QED) is 0.575. The largest absolute Gasteiger partial charge is 0.491 e. The van der Waals surface area contributed by atoms with Crippen LogP contribution in [0.25, 0.3) is 11.0 Å². The molecular formula is C20H20ClF3N2O2. The lowest BCUT2D eigenvalue weighted by Crippen LogP contribution is -2.26. The Kier molecular flexibility index (Phi) is 7.10. The summed E-state index contributed by atoms with van der Waals surface area (Å²) >= 11 is 0. The number of imidazole rings is 1. The van der Waals surface area contributed by atoms with Crippen molar-refractivity contribution < 1.29 is 23.0 Å². The molecule has 3 rings (SSSR count). The van der Waals surface area contributed by atoms with Crippen molar-refractivity contribution in [1.29, 1.82) is 0 Å². The summed E-state index contributed by atoms with van der Waals surface area (Å²) in [6, 6.07) is 13.6. The Morgan fingerprint density at radius 1 is 1.14 bits per heavy atom. The highest BCUT2D eigenvalue weighted by Crippen LogP contribution is 2.31. The molecule has 0 bridgehead atoms. The number of hydrogen-bond donors (Lipinski definition) is 1. The molecule has 0 saturated heterocycles. The van der Waals surface area contributed by atoms with Crippen LogP contribution >= 0.6 is 12.4 Å². The van der Waals surface area contributed by atoms with E-state index in [2.05, 4.69) is 11.6 Å². The molecule has 3 aromatic rings. The highest BCUT2D eigenvalue weighted by atomic mass is 35.5. The Balaban J connectivity index is 0.00000280. The molecule has 0 aliphatic heterocycles. The van der Waals surface area contributed by atoms with Crippen LogP contribution in [0.5, 0.6) is 5.75 Å². The predicted molar refractivity (Wildman–Crippen MR) is 104 cm³/mol. The number of hydrogen-bond acceptors (Lipinski definition) is 3. The summed E-state index contributed by atoms with van der Waals surface area (Å²) in [4.78, 5) is 3.67. The fourth-order valence-electron chi connectivity index (χ4n) is 2.89. The smallest absolute Gasteiger partial charge is 0.449 e. The Morgan fingerprint density at radius 2 is 1.82 bits per heavy atom. The molecule has 1 heterocycles. The van der Waals surface area contributed by atoms with Gasteiger partial charge in [0.1, 0.15) is 18.5 Å². The molecular weight excluding hydrogens is 393 g/mol. The lowest BCUT2D eigenvalue weighted by molar-refractivity contribution is -0.147. The van der Waals surface area contributed by atoms with Crippen LogP contribution in [0.2, 0.25) is 0 Å². The van der Waals surface area contributed by atoms with Crippen LogP contribution in [0.15, 0.2) is 61.2 Å². The number of aliphatic hydroxyl groups is 1. The monoisotopic (exact) mass is 412 g/mol. The number of nitrogens with zero attached hydrogens (tertiary/aromatic N) is 2. The number of rotatable bonds is 7. The zero-order valence-corrected chi connectivity index (χ0v) is 15.7. The van der Waals surface area contributed by atoms with Crippen LogP contribution in [-0.2, 0) is 19.1 Å². The highest BCUT2D eigenvalue weighted by molar-refractivity contribution is 5.85. The van der Waals surface area contributed by atoms with Gasteiger partial charge in [0.15, 0.2) is 0 Å². The fourth-order valence-corrected chi connectivity index (χ4v) is 2.89. The molecule has 4 nitrogen and oxygen atoms in total. The second-order valence-electron chi connectivity index (χ2n) is 6.10. The van der Waals surface area contributed by atoms with Crippen molar-refractivity contribution in [3.05, 3.63) is 72.6 Å². The summed E-state index contributed by atoms with van der Waals surface area (Å²) < 4.78 is 46.6. The van der Waals surface area contributed by atoms with E-state index in [-0.39, 0.29) is 31.1 Å². The molecule has 1 aromatic heterocycles. The normalized spacial score (nSPS) is 12.4. The van der Waals surface area contributed by atoms with Gasteiger partial charge in [0.25, 0.3) is 0 Å². The number of halogens is 4. The molecule has 0 fully saturated rings. The van der Waals surface area contributed by atoms with Gasteiger partial charge in [-0.2, -0.15) is 13.2 Å². The van der Waals surface area contributed by atoms with Gasteiger partial charge >= 0.3 is 6.18 Å². The summed E-state index contributed by atoms with van der Waals surface area (Å²) in [5.41, 5.74) is 1.44. The lowest BCUT2D eigenvalue weighted by Gasteiger charge is -2.17. The summed E-state index contributed by atoms with van der Waals surface area (Å²) in [5, 5.41) is 10.3. The number of alkyl halides is 3. The summed E-state index contributed by atoms with van der Waals surface area (Å²) in [5.74, 6) is -0.460. The number of aromatic nitrogens is 2. The molecule has 0 saturated carbocycles. The number of fused-ring (bicyclic) bond motifs is 1. The molecule has 1 N–H and O–H groups in total. The number of aliphatic hydroxyl groups excluding tert-OH is 1. The Hall–Kier alpha value is -2.51. The van der Waals surface area contributed by atoms with Crippen molar-refractivity contribution in [2.45, 2.75) is 25.2 Å². The Labute approximate surface area is 166 Å². The number of ether oxygens (including phenoxy) is 1. The van der Waals surface area contributed by atoms with Gasteiger partial charge in [0.05, 0.1) is 17.6 Å². The van der Waals surface area contributed by atoms with E-state index in [1.807, 2.05) is 12.1 Å². The number of benzene rings is 2. The molecule has 0 amide bonds. The molecule has 2 aromatic carbocycles. The van der Waals surface area contributed by atoms with E-state index in [1.165, 1.54) is 6.07 Å². The Bertz CT molecular complexity index is 941. The van der Waals surface area contributed by atoms with E-state index in [4.69, 9.17) is 4.74 Å². The minimum atomic E-state index is -4.61. The van der Waals surface area contributed by atoms with E-state index in [1.54, 1.807) is 36.4 Å². The third-order valence-corrected chi connectivity index (χ3v) is 4.07. The van der Waals surface area contributed by atoms with Gasteiger partial charge < -0.3 is 14.4 Å². The average Bonchev–Trinajstić information content (AvgIpc) is 3.00. The predicted octanol–water partition coefficient (Wildman–Crippen LogP) is 4.65. The summed E-state index contributed by atoms with van der Waals surface area (Å²) in [7, 11) is 0. The van der Waals surface area contributed by atoms with Crippen molar-refractivity contribution in [3.63, 3.8) is 0 Å². The minimum Gasteiger partial charge on any atom is -0.491 e. The first-order valence-corrected chi connectivity index (χ1v) is 8.42. The van der Waals surface area contributed by atoms with Gasteiger partial charge in [-0.25, -0.2) is 4.98 Å². The van der Waals surface area contributed by atoms with Crippen LogP contribution in [0, 0.1) is 0 Å². The standard InChI is InChI=1S/C20H19F3N2O2.ClH/c1-2-7-14-8-3-6-11-18(14)27-13-15(26)12-25-17-10-5-4-9-16(17)24-19(25)20(21,22)23;/h2-6,8-11,15,26H,1,7,12-13H2;1H. The molecule has 8 heteroatoms. The third-order valence-electron chi connectivity index (χ3n) is 4.07. The highest BCUT2D eigenvalue weighted by Gasteiger charge is 2.37. The van der Waals surface area contributed by atoms with Gasteiger partial charge in [-0.05, 0) is 30.2 Å². The van der Waals surface area contributed by atoms with Gasteiger partial charge in [-0.1, -0.05) is 36.4 Å². The maximum Gasteiger partial charge on any atom is 0.449 e. The zero-order valence-electron chi connectivity index (χ0n) is 14.9. The molecule has 150 valence electrons. The van der Waals surface area contributed by atoms with Crippen LogP contribution in [-0.4, -0.2) is 27.4 Å². The number of para-hydroxylation sites is 3. The van der Waals surface area contributed by atoms with Crippen molar-refractivity contribution >= 4 is 23.4 Å². The average molecular weight is 413 g/mol. The SMILES string of the molecule is C=CCc1ccccc1OCC(O)Cn1c(C(F)(F)F)nc2ccccc21.Cl. The third kappa shape index (κ3) is 4.85. The number of allylic oxidation sites excluding steroid dienone is 1. The molecule has 0 radical (unpaired) electrons. The van der Waals surface area contributed by atoms with Crippen molar-refractivity contribution in [1.82, 2.24) is 9.55 Å². The maximum atomic E-state index is 13.3. The molecule has 28 heavy (non-hydrogen) atoms. The lowest BCUT2D eigenvalue weighted by atomic mass is 10.1. The van der Waals surface area contributed by atoms with Crippen LogP contribution in [0.1, 0.15) is 11.4 Å². The first-order chi connectivity index (χ1) is 12.9. The van der Waals surface area contributed by atoms with Crippen molar-refractivity contribution in [3.8, 4) is 5.75 Å². The van der Waals surface area contributed by atoms with E-state index >= 15 is 0 Å². The molecule has 0 aliphatic rings. The zero-order chi connectivity index (χ0) is 19.4. The topological polar surface area (TPSA) is 47.3 Å². The molecule has 0 spiro atoms. The Morgan fingerprint density at radius 3 is 2.54 bits per heavy atom. The van der Waals surface area contributed by atoms with Crippen molar-refractivity contribution in [2.75, 3.05) is 6.61 Å². The van der Waals surface area contributed by atoms with Crippen LogP contribution < -0.4 is 4.74 Å². The summed E-state index contributed by atoms with van der Waals surface area (Å²) in [6.45, 7) is 3.26. The molecule has 1 unspecified atom stereocenters. The first kappa shape index (κ1) is 21.8. The second-order valence-corrected chi connectivity index (χ2v) is 6.10. The van der Waals surface area contributed by atoms with Crippen molar-refractivity contribution in [2.24, 2.45) is 0 Å². The van der Waals surface area contributed by atoms with Gasteiger partial charge in [0, 0.05) is 0 Å². The van der Waals surface area contributed by atoms with Crippen LogP contribution in [0.3, 0.4) is 0 Å². The van der Waals surface area contributed by atoms with E-state index < -0.39 is 18.1 Å². The second kappa shape index (κ2) is 9.12. The minimum absolute atomic E-state index is 0. The van der Waals surface area contributed by atoms with E-state index in [9.17, 15) is 18.3 Å². The molecule has 0 aliphatic carbocycles. The fraction of sp³-hybridized carbons (Fsp3) is 0.250. The van der Waals surface area contributed by atoms with Gasteiger partial charge in [0.2, 0.25) is 5.82 Å². The molecule has 1 atom stereocenters. The summed E-state index contributed by atoms with van der Waals surface area (Å²) in [6.07, 6.45) is -3.43. The van der Waals surface area contributed by atoms with Gasteiger partial charge in [-0.3, -0.25) is 0 Å². The van der Waals surface area contributed by atoms with E-state index in [0.717, 1.165) is 10.1 Å². The van der Waals surface area contributed by atoms with Crippen LogP contribution in [0.4, 0.5) is 13.2 Å². The first-order valence-electron chi connectivity index (χ1n) is 8.42. The van der Waals surface area contributed by atoms with Gasteiger partial charge in [-0.15, -0.1) is 19.0 Å². The maximum absolute atomic E-state index is 13.3. The van der Waals surface area contributed by atoms with E-state index in [0.29, 0.717) is 17.7 Å².